The standard InChI is InChI=1S/C12H16N4O/c1-3-16(2)7-6-14-12(17)11-5-4-10(8-13)9-15-11/h4-5,9H,3,6-7H2,1-2H3,(H,14,17). The molecule has 1 aromatic rings. The van der Waals surface area contributed by atoms with Crippen LogP contribution in [0.25, 0.3) is 0 Å². The lowest BCUT2D eigenvalue weighted by molar-refractivity contribution is 0.0945. The van der Waals surface area contributed by atoms with E-state index in [9.17, 15) is 4.79 Å². The molecule has 0 atom stereocenters. The van der Waals surface area contributed by atoms with Crippen LogP contribution in [0, 0.1) is 11.3 Å². The highest BCUT2D eigenvalue weighted by Crippen LogP contribution is 1.98. The predicted molar refractivity (Wildman–Crippen MR) is 64.5 cm³/mol. The second-order valence-electron chi connectivity index (χ2n) is 3.70. The molecule has 0 bridgehead atoms. The number of carbonyl (C=O) groups excluding carboxylic acids is 1. The monoisotopic (exact) mass is 232 g/mol. The van der Waals surface area contributed by atoms with Crippen LogP contribution < -0.4 is 5.32 Å². The summed E-state index contributed by atoms with van der Waals surface area (Å²) < 4.78 is 0. The van der Waals surface area contributed by atoms with Crippen molar-refractivity contribution in [1.82, 2.24) is 15.2 Å². The fraction of sp³-hybridized carbons (Fsp3) is 0.417. The molecule has 1 amide bonds. The fourth-order valence-corrected chi connectivity index (χ4v) is 1.20. The molecule has 0 aromatic carbocycles. The molecule has 0 saturated carbocycles. The number of aromatic nitrogens is 1. The lowest BCUT2D eigenvalue weighted by Crippen LogP contribution is -2.33. The largest absolute Gasteiger partial charge is 0.349 e. The first-order valence-electron chi connectivity index (χ1n) is 5.50. The molecular weight excluding hydrogens is 216 g/mol. The van der Waals surface area contributed by atoms with Gasteiger partial charge in [-0.2, -0.15) is 5.26 Å². The van der Waals surface area contributed by atoms with Crippen LogP contribution in [-0.2, 0) is 0 Å². The van der Waals surface area contributed by atoms with Crippen LogP contribution in [0.2, 0.25) is 0 Å². The van der Waals surface area contributed by atoms with Gasteiger partial charge in [-0.1, -0.05) is 6.92 Å². The highest BCUT2D eigenvalue weighted by molar-refractivity contribution is 5.92. The number of amides is 1. The number of carbonyl (C=O) groups is 1. The van der Waals surface area contributed by atoms with Crippen molar-refractivity contribution in [2.45, 2.75) is 6.92 Å². The van der Waals surface area contributed by atoms with Gasteiger partial charge in [-0.25, -0.2) is 4.98 Å². The second kappa shape index (κ2) is 6.61. The predicted octanol–water partition coefficient (Wildman–Crippen LogP) is 0.635. The molecule has 0 fully saturated rings. The van der Waals surface area contributed by atoms with Crippen molar-refractivity contribution in [2.24, 2.45) is 0 Å². The first kappa shape index (κ1) is 13.1. The highest BCUT2D eigenvalue weighted by Gasteiger charge is 2.06. The van der Waals surface area contributed by atoms with E-state index < -0.39 is 0 Å². The molecule has 1 N–H and O–H groups in total. The van der Waals surface area contributed by atoms with Crippen LogP contribution in [0.4, 0.5) is 0 Å². The Balaban J connectivity index is 2.44. The molecule has 0 aliphatic carbocycles. The van der Waals surface area contributed by atoms with Gasteiger partial charge in [0.25, 0.3) is 5.91 Å². The number of nitrogens with one attached hydrogen (secondary N) is 1. The summed E-state index contributed by atoms with van der Waals surface area (Å²) in [5, 5.41) is 11.4. The third kappa shape index (κ3) is 4.21. The average molecular weight is 232 g/mol. The maximum atomic E-state index is 11.6. The second-order valence-corrected chi connectivity index (χ2v) is 3.70. The normalized spacial score (nSPS) is 10.0. The van der Waals surface area contributed by atoms with Gasteiger partial charge in [-0.3, -0.25) is 4.79 Å². The van der Waals surface area contributed by atoms with Crippen molar-refractivity contribution in [3.05, 3.63) is 29.6 Å². The van der Waals surface area contributed by atoms with Gasteiger partial charge in [0.05, 0.1) is 5.56 Å². The number of likely N-dealkylation sites (N-methyl/N-ethyl adjacent to an activating group) is 1. The van der Waals surface area contributed by atoms with E-state index in [0.29, 0.717) is 17.8 Å². The quantitative estimate of drug-likeness (QED) is 0.808. The molecule has 0 radical (unpaired) electrons. The molecule has 1 heterocycles. The summed E-state index contributed by atoms with van der Waals surface area (Å²) in [5.41, 5.74) is 0.787. The minimum absolute atomic E-state index is 0.209. The summed E-state index contributed by atoms with van der Waals surface area (Å²) in [6.07, 6.45) is 1.40. The summed E-state index contributed by atoms with van der Waals surface area (Å²) in [5.74, 6) is -0.209. The van der Waals surface area contributed by atoms with Crippen LogP contribution in [-0.4, -0.2) is 42.5 Å². The topological polar surface area (TPSA) is 69.0 Å². The van der Waals surface area contributed by atoms with Gasteiger partial charge in [0.2, 0.25) is 0 Å². The van der Waals surface area contributed by atoms with Crippen LogP contribution in [0.1, 0.15) is 23.0 Å². The molecule has 0 saturated heterocycles. The molecule has 0 aliphatic heterocycles. The van der Waals surface area contributed by atoms with Gasteiger partial charge < -0.3 is 10.2 Å². The Morgan fingerprint density at radius 1 is 1.59 bits per heavy atom. The number of pyridine rings is 1. The molecule has 5 nitrogen and oxygen atoms in total. The van der Waals surface area contributed by atoms with Gasteiger partial charge in [-0.15, -0.1) is 0 Å². The Kier molecular flexibility index (Phi) is 5.11. The zero-order valence-corrected chi connectivity index (χ0v) is 10.1. The van der Waals surface area contributed by atoms with E-state index in [1.165, 1.54) is 6.20 Å². The summed E-state index contributed by atoms with van der Waals surface area (Å²) in [4.78, 5) is 17.7. The number of rotatable bonds is 5. The van der Waals surface area contributed by atoms with Crippen LogP contribution in [0.15, 0.2) is 18.3 Å². The van der Waals surface area contributed by atoms with Crippen LogP contribution in [0.5, 0.6) is 0 Å². The van der Waals surface area contributed by atoms with E-state index in [0.717, 1.165) is 13.1 Å². The van der Waals surface area contributed by atoms with Gasteiger partial charge in [0, 0.05) is 19.3 Å². The van der Waals surface area contributed by atoms with E-state index >= 15 is 0 Å². The number of hydrogen-bond acceptors (Lipinski definition) is 4. The minimum atomic E-state index is -0.209. The lowest BCUT2D eigenvalue weighted by atomic mass is 10.2. The molecule has 5 heteroatoms. The van der Waals surface area contributed by atoms with Crippen LogP contribution >= 0.6 is 0 Å². The van der Waals surface area contributed by atoms with Crippen molar-refractivity contribution in [3.63, 3.8) is 0 Å². The highest BCUT2D eigenvalue weighted by atomic mass is 16.1. The third-order valence-corrected chi connectivity index (χ3v) is 2.44. The average Bonchev–Trinajstić information content (AvgIpc) is 2.38. The lowest BCUT2D eigenvalue weighted by Gasteiger charge is -2.13. The number of hydrogen-bond donors (Lipinski definition) is 1. The smallest absolute Gasteiger partial charge is 0.269 e. The Morgan fingerprint density at radius 3 is 2.88 bits per heavy atom. The molecule has 90 valence electrons. The van der Waals surface area contributed by atoms with Crippen molar-refractivity contribution in [3.8, 4) is 6.07 Å². The van der Waals surface area contributed by atoms with E-state index in [-0.39, 0.29) is 5.91 Å². The zero-order valence-electron chi connectivity index (χ0n) is 10.1. The summed E-state index contributed by atoms with van der Waals surface area (Å²) in [6, 6.07) is 5.09. The summed E-state index contributed by atoms with van der Waals surface area (Å²) >= 11 is 0. The van der Waals surface area contributed by atoms with Crippen LogP contribution in [0.3, 0.4) is 0 Å². The van der Waals surface area contributed by atoms with Crippen molar-refractivity contribution >= 4 is 5.91 Å². The maximum absolute atomic E-state index is 11.6. The van der Waals surface area contributed by atoms with Crippen molar-refractivity contribution < 1.29 is 4.79 Å². The summed E-state index contributed by atoms with van der Waals surface area (Å²) in [7, 11) is 1.99. The van der Waals surface area contributed by atoms with Crippen molar-refractivity contribution in [2.75, 3.05) is 26.7 Å². The van der Waals surface area contributed by atoms with E-state index in [2.05, 4.69) is 22.1 Å². The zero-order chi connectivity index (χ0) is 12.7. The number of nitrogens with zero attached hydrogens (tertiary/aromatic N) is 3. The Hall–Kier alpha value is -1.93. The first-order chi connectivity index (χ1) is 8.17. The SMILES string of the molecule is CCN(C)CCNC(=O)c1ccc(C#N)cn1. The molecule has 0 spiro atoms. The first-order valence-corrected chi connectivity index (χ1v) is 5.50. The Morgan fingerprint density at radius 2 is 2.35 bits per heavy atom. The molecule has 17 heavy (non-hydrogen) atoms. The van der Waals surface area contributed by atoms with E-state index in [1.807, 2.05) is 13.1 Å². The minimum Gasteiger partial charge on any atom is -0.349 e. The number of nitriles is 1. The van der Waals surface area contributed by atoms with Crippen molar-refractivity contribution in [1.29, 1.82) is 5.26 Å². The third-order valence-electron chi connectivity index (χ3n) is 2.44. The van der Waals surface area contributed by atoms with E-state index in [1.54, 1.807) is 12.1 Å². The van der Waals surface area contributed by atoms with Gasteiger partial charge in [0.1, 0.15) is 11.8 Å². The molecular formula is C12H16N4O. The molecule has 1 aromatic heterocycles. The van der Waals surface area contributed by atoms with E-state index in [4.69, 9.17) is 5.26 Å². The molecule has 1 rings (SSSR count). The van der Waals surface area contributed by atoms with Gasteiger partial charge in [-0.05, 0) is 25.7 Å². The molecule has 0 unspecified atom stereocenters. The van der Waals surface area contributed by atoms with Gasteiger partial charge in [0.15, 0.2) is 0 Å². The fourth-order valence-electron chi connectivity index (χ4n) is 1.20. The maximum Gasteiger partial charge on any atom is 0.269 e. The Labute approximate surface area is 101 Å². The van der Waals surface area contributed by atoms with Gasteiger partial charge >= 0.3 is 0 Å². The Bertz CT molecular complexity index is 408. The summed E-state index contributed by atoms with van der Waals surface area (Å²) in [6.45, 7) is 4.40. The molecule has 0 aliphatic rings.